The maximum absolute atomic E-state index is 10.4. The number of nitrogens with two attached hydrogens (primary N) is 5. The predicted molar refractivity (Wildman–Crippen MR) is 162 cm³/mol. The molecule has 0 aromatic heterocycles. The molecule has 0 saturated carbocycles. The van der Waals surface area contributed by atoms with Crippen molar-refractivity contribution in [3.63, 3.8) is 0 Å². The van der Waals surface area contributed by atoms with Gasteiger partial charge in [0.05, 0.1) is 20.1 Å². The molecule has 0 aliphatic carbocycles. The van der Waals surface area contributed by atoms with Crippen molar-refractivity contribution >= 4 is 75.1 Å². The van der Waals surface area contributed by atoms with Crippen LogP contribution in [-0.4, -0.2) is 12.5 Å². The molecule has 0 saturated heterocycles. The first-order valence-electron chi connectivity index (χ1n) is 11.1. The molecule has 39 heavy (non-hydrogen) atoms. The molecule has 0 atom stereocenters. The molecule has 4 aromatic rings. The zero-order valence-electron chi connectivity index (χ0n) is 20.5. The summed E-state index contributed by atoms with van der Waals surface area (Å²) >= 11 is 23.6. The van der Waals surface area contributed by atoms with Crippen LogP contribution in [0.1, 0.15) is 5.56 Å². The fraction of sp³-hybridized carbons (Fsp3) is 0.0741. The molecule has 4 aromatic carbocycles. The standard InChI is InChI=1S/C13H11Cl2NO.C8H8Cl2N2O2.C6H8N2/c14-11-6-10(16)7-12(15)13(11)17-8-9-4-2-1-3-5-9;9-5-1-4(11)2-6(10)8(5)14-3-7(12)13;7-5-1-2-6(8)4-3-5/h1-7H,8,16H2;1-2H,3,11H2,(H2,12,13);1-4H,7-8H2. The van der Waals surface area contributed by atoms with Gasteiger partial charge in [-0.05, 0) is 54.1 Å². The Bertz CT molecular complexity index is 1310. The summed E-state index contributed by atoms with van der Waals surface area (Å²) in [6.45, 7) is 0.146. The second-order valence-corrected chi connectivity index (χ2v) is 9.45. The zero-order chi connectivity index (χ0) is 28.9. The lowest BCUT2D eigenvalue weighted by Gasteiger charge is -2.10. The SMILES string of the molecule is NC(=O)COc1c(Cl)cc(N)cc1Cl.Nc1cc(Cl)c(OCc2ccccc2)c(Cl)c1.Nc1ccc(N)cc1. The molecule has 10 N–H and O–H groups in total. The van der Waals surface area contributed by atoms with E-state index in [1.807, 2.05) is 30.3 Å². The van der Waals surface area contributed by atoms with Crippen LogP contribution in [0.15, 0.2) is 78.9 Å². The number of carbonyl (C=O) groups is 1. The molecule has 8 nitrogen and oxygen atoms in total. The summed E-state index contributed by atoms with van der Waals surface area (Å²) in [6, 6.07) is 23.1. The largest absolute Gasteiger partial charge is 0.486 e. The van der Waals surface area contributed by atoms with E-state index in [4.69, 9.17) is 84.5 Å². The average Bonchev–Trinajstić information content (AvgIpc) is 2.86. The Balaban J connectivity index is 0.000000218. The number of carbonyl (C=O) groups excluding carboxylic acids is 1. The Labute approximate surface area is 246 Å². The normalized spacial score (nSPS) is 9.85. The second-order valence-electron chi connectivity index (χ2n) is 7.82. The molecule has 0 spiro atoms. The number of anilines is 4. The van der Waals surface area contributed by atoms with Crippen LogP contribution >= 0.6 is 46.4 Å². The lowest BCUT2D eigenvalue weighted by Crippen LogP contribution is -2.20. The van der Waals surface area contributed by atoms with Crippen molar-refractivity contribution in [1.82, 2.24) is 0 Å². The van der Waals surface area contributed by atoms with Gasteiger partial charge in [0.15, 0.2) is 18.1 Å². The van der Waals surface area contributed by atoms with E-state index in [0.29, 0.717) is 33.8 Å². The molecule has 0 unspecified atom stereocenters. The van der Waals surface area contributed by atoms with Gasteiger partial charge in [-0.15, -0.1) is 0 Å². The third-order valence-electron chi connectivity index (χ3n) is 4.56. The molecular formula is C27H27Cl4N5O3. The Morgan fingerprint density at radius 1 is 0.590 bits per heavy atom. The quantitative estimate of drug-likeness (QED) is 0.156. The number of amides is 1. The molecule has 0 fully saturated rings. The van der Waals surface area contributed by atoms with Gasteiger partial charge in [-0.2, -0.15) is 0 Å². The van der Waals surface area contributed by atoms with Gasteiger partial charge in [-0.25, -0.2) is 0 Å². The summed E-state index contributed by atoms with van der Waals surface area (Å²) < 4.78 is 10.6. The van der Waals surface area contributed by atoms with E-state index in [9.17, 15) is 4.79 Å². The highest BCUT2D eigenvalue weighted by molar-refractivity contribution is 6.38. The molecule has 0 aliphatic rings. The molecule has 0 heterocycles. The Kier molecular flexibility index (Phi) is 12.7. The van der Waals surface area contributed by atoms with E-state index in [1.54, 1.807) is 36.4 Å². The molecular weight excluding hydrogens is 584 g/mol. The third kappa shape index (κ3) is 11.3. The minimum absolute atomic E-state index is 0.210. The monoisotopic (exact) mass is 609 g/mol. The van der Waals surface area contributed by atoms with Crippen LogP contribution in [0.2, 0.25) is 20.1 Å². The molecule has 4 rings (SSSR count). The first-order valence-corrected chi connectivity index (χ1v) is 12.6. The lowest BCUT2D eigenvalue weighted by molar-refractivity contribution is -0.119. The molecule has 1 amide bonds. The fourth-order valence-electron chi connectivity index (χ4n) is 2.80. The minimum Gasteiger partial charge on any atom is -0.486 e. The average molecular weight is 611 g/mol. The van der Waals surface area contributed by atoms with Crippen molar-refractivity contribution in [1.29, 1.82) is 0 Å². The van der Waals surface area contributed by atoms with Crippen molar-refractivity contribution in [3.8, 4) is 11.5 Å². The van der Waals surface area contributed by atoms with Crippen LogP contribution < -0.4 is 38.1 Å². The number of hydrogen-bond donors (Lipinski definition) is 5. The van der Waals surface area contributed by atoms with Gasteiger partial charge in [-0.3, -0.25) is 4.79 Å². The van der Waals surface area contributed by atoms with Gasteiger partial charge >= 0.3 is 0 Å². The van der Waals surface area contributed by atoms with Gasteiger partial charge in [-0.1, -0.05) is 76.7 Å². The molecule has 12 heteroatoms. The van der Waals surface area contributed by atoms with Gasteiger partial charge in [0, 0.05) is 22.7 Å². The summed E-state index contributed by atoms with van der Waals surface area (Å²) in [4.78, 5) is 10.4. The lowest BCUT2D eigenvalue weighted by atomic mass is 10.2. The number of nitrogen functional groups attached to an aromatic ring is 4. The van der Waals surface area contributed by atoms with Crippen LogP contribution in [0.3, 0.4) is 0 Å². The molecule has 0 bridgehead atoms. The molecule has 0 radical (unpaired) electrons. The smallest absolute Gasteiger partial charge is 0.255 e. The Morgan fingerprint density at radius 3 is 1.36 bits per heavy atom. The van der Waals surface area contributed by atoms with Crippen LogP contribution in [0, 0.1) is 0 Å². The van der Waals surface area contributed by atoms with Gasteiger partial charge in [0.2, 0.25) is 0 Å². The summed E-state index contributed by atoms with van der Waals surface area (Å²) in [5.41, 5.74) is 30.2. The fourth-order valence-corrected chi connectivity index (χ4v) is 4.03. The highest BCUT2D eigenvalue weighted by atomic mass is 35.5. The number of ether oxygens (including phenoxy) is 2. The zero-order valence-corrected chi connectivity index (χ0v) is 23.6. The number of halogens is 4. The second kappa shape index (κ2) is 15.7. The molecule has 0 aliphatic heterocycles. The van der Waals surface area contributed by atoms with E-state index in [2.05, 4.69) is 0 Å². The molecule has 206 valence electrons. The number of benzene rings is 4. The van der Waals surface area contributed by atoms with Crippen molar-refractivity contribution < 1.29 is 14.3 Å². The van der Waals surface area contributed by atoms with E-state index in [-0.39, 0.29) is 22.4 Å². The van der Waals surface area contributed by atoms with Crippen LogP contribution in [0.4, 0.5) is 22.7 Å². The highest BCUT2D eigenvalue weighted by Crippen LogP contribution is 2.36. The van der Waals surface area contributed by atoms with Crippen LogP contribution in [-0.2, 0) is 11.4 Å². The topological polar surface area (TPSA) is 166 Å². The number of rotatable bonds is 6. The first kappa shape index (κ1) is 31.5. The summed E-state index contributed by atoms with van der Waals surface area (Å²) in [5, 5.41) is 1.34. The summed E-state index contributed by atoms with van der Waals surface area (Å²) in [5.74, 6) is 0.0710. The Hall–Kier alpha value is -3.69. The van der Waals surface area contributed by atoms with Gasteiger partial charge < -0.3 is 38.1 Å². The van der Waals surface area contributed by atoms with Crippen LogP contribution in [0.25, 0.3) is 0 Å². The van der Waals surface area contributed by atoms with E-state index < -0.39 is 5.91 Å². The maximum Gasteiger partial charge on any atom is 0.255 e. The first-order chi connectivity index (χ1) is 18.5. The van der Waals surface area contributed by atoms with E-state index in [1.165, 1.54) is 12.1 Å². The predicted octanol–water partition coefficient (Wildman–Crippen LogP) is 6.45. The van der Waals surface area contributed by atoms with Crippen molar-refractivity contribution in [2.24, 2.45) is 5.73 Å². The Morgan fingerprint density at radius 2 is 0.974 bits per heavy atom. The number of hydrogen-bond acceptors (Lipinski definition) is 7. The number of primary amides is 1. The van der Waals surface area contributed by atoms with Crippen molar-refractivity contribution in [3.05, 3.63) is 105 Å². The van der Waals surface area contributed by atoms with Crippen LogP contribution in [0.5, 0.6) is 11.5 Å². The third-order valence-corrected chi connectivity index (χ3v) is 5.69. The summed E-state index contributed by atoms with van der Waals surface area (Å²) in [6.07, 6.45) is 0. The van der Waals surface area contributed by atoms with Crippen molar-refractivity contribution in [2.75, 3.05) is 29.5 Å². The van der Waals surface area contributed by atoms with Gasteiger partial charge in [0.25, 0.3) is 5.91 Å². The van der Waals surface area contributed by atoms with E-state index >= 15 is 0 Å². The minimum atomic E-state index is -0.603. The maximum atomic E-state index is 10.4. The highest BCUT2D eigenvalue weighted by Gasteiger charge is 2.10. The van der Waals surface area contributed by atoms with Gasteiger partial charge in [0.1, 0.15) is 6.61 Å². The van der Waals surface area contributed by atoms with Crippen molar-refractivity contribution in [2.45, 2.75) is 6.61 Å². The summed E-state index contributed by atoms with van der Waals surface area (Å²) in [7, 11) is 0. The van der Waals surface area contributed by atoms with E-state index in [0.717, 1.165) is 16.9 Å².